The molecule has 0 fully saturated rings. The Kier molecular flexibility index (Phi) is 13.3. The van der Waals surface area contributed by atoms with Crippen molar-refractivity contribution in [2.24, 2.45) is 0 Å². The van der Waals surface area contributed by atoms with Crippen molar-refractivity contribution in [1.82, 2.24) is 15.6 Å². The van der Waals surface area contributed by atoms with E-state index in [1.54, 1.807) is 18.2 Å². The van der Waals surface area contributed by atoms with Crippen LogP contribution in [-0.2, 0) is 38.8 Å². The highest BCUT2D eigenvalue weighted by Crippen LogP contribution is 2.40. The van der Waals surface area contributed by atoms with E-state index in [0.29, 0.717) is 52.1 Å². The zero-order chi connectivity index (χ0) is 40.4. The Hall–Kier alpha value is -5.83. The molecule has 9 nitrogen and oxygen atoms in total. The standard InChI is InChI=1S/C49H55N3O6/c1-5-18-55-44-34-12-9-13-35(44)27-39-23-33-25-41(47(39)58-21-8-4)29-37-15-10-14-36(45(37)56-19-6-2)28-40-24-32(22-38(26-34)46(40)57-20-7-3)30-50-48(53)42-16-11-17-43(52-42)49(54)51-31-33/h9-17,22-25H,5-8,18-21,26-31H2,1-4H3,(H,50,53)(H,51,54). The summed E-state index contributed by atoms with van der Waals surface area (Å²) in [4.78, 5) is 31.8. The molecule has 4 aromatic carbocycles. The lowest BCUT2D eigenvalue weighted by molar-refractivity contribution is 0.0941. The van der Waals surface area contributed by atoms with Crippen LogP contribution in [-0.4, -0.2) is 43.2 Å². The van der Waals surface area contributed by atoms with E-state index in [9.17, 15) is 9.59 Å². The first-order chi connectivity index (χ1) is 28.4. The van der Waals surface area contributed by atoms with Gasteiger partial charge in [0.1, 0.15) is 34.4 Å². The highest BCUT2D eigenvalue weighted by atomic mass is 16.5. The number of para-hydroxylation sites is 2. The summed E-state index contributed by atoms with van der Waals surface area (Å²) in [6.07, 6.45) is 5.64. The molecule has 2 N–H and O–H groups in total. The van der Waals surface area contributed by atoms with Gasteiger partial charge in [0.15, 0.2) is 0 Å². The van der Waals surface area contributed by atoms with Gasteiger partial charge in [-0.2, -0.15) is 0 Å². The van der Waals surface area contributed by atoms with Crippen molar-refractivity contribution in [2.45, 2.75) is 92.2 Å². The highest BCUT2D eigenvalue weighted by molar-refractivity contribution is 5.96. The predicted molar refractivity (Wildman–Crippen MR) is 227 cm³/mol. The first-order valence-corrected chi connectivity index (χ1v) is 20.9. The van der Waals surface area contributed by atoms with Crippen LogP contribution in [0.3, 0.4) is 0 Å². The van der Waals surface area contributed by atoms with Crippen molar-refractivity contribution in [3.05, 3.63) is 146 Å². The molecule has 3 aliphatic rings. The molecular formula is C49H55N3O6. The fraction of sp³-hybridized carbons (Fsp3) is 0.367. The molecule has 12 bridgehead atoms. The minimum Gasteiger partial charge on any atom is -0.493 e. The van der Waals surface area contributed by atoms with Crippen LogP contribution >= 0.6 is 0 Å². The number of amides is 2. The SMILES string of the molecule is CCCOc1c2cccc1Cc1cc3cc(c1OCCC)Cc1cccc(c1OCCC)Cc1cc(cc(c1OCCC)C2)CNC(=O)c1cccc(n1)C(=O)NC3. The van der Waals surface area contributed by atoms with Crippen LogP contribution in [0, 0.1) is 0 Å². The Balaban J connectivity index is 1.54. The lowest BCUT2D eigenvalue weighted by Gasteiger charge is -2.24. The van der Waals surface area contributed by atoms with Gasteiger partial charge in [0, 0.05) is 38.8 Å². The van der Waals surface area contributed by atoms with Gasteiger partial charge in [0.25, 0.3) is 11.8 Å². The number of carbonyl (C=O) groups excluding carboxylic acids is 2. The molecule has 0 radical (unpaired) electrons. The second-order valence-electron chi connectivity index (χ2n) is 15.2. The van der Waals surface area contributed by atoms with Gasteiger partial charge in [-0.25, -0.2) is 4.98 Å². The molecule has 1 aliphatic carbocycles. The number of nitrogens with zero attached hydrogens (tertiary/aromatic N) is 1. The number of ether oxygens (including phenoxy) is 4. The molecule has 302 valence electrons. The number of rotatable bonds is 12. The zero-order valence-corrected chi connectivity index (χ0v) is 34.3. The number of carbonyl (C=O) groups is 2. The normalized spacial score (nSPS) is 13.7. The monoisotopic (exact) mass is 781 g/mol. The van der Waals surface area contributed by atoms with Gasteiger partial charge in [-0.1, -0.05) is 70.2 Å². The molecule has 2 aliphatic heterocycles. The molecule has 0 atom stereocenters. The number of pyridine rings is 1. The van der Waals surface area contributed by atoms with Crippen LogP contribution in [0.1, 0.15) is 130 Å². The quantitative estimate of drug-likeness (QED) is 0.128. The minimum absolute atomic E-state index is 0.172. The molecule has 5 aromatic rings. The lowest BCUT2D eigenvalue weighted by Crippen LogP contribution is -2.27. The van der Waals surface area contributed by atoms with Crippen LogP contribution in [0.2, 0.25) is 0 Å². The third kappa shape index (κ3) is 9.31. The van der Waals surface area contributed by atoms with E-state index < -0.39 is 0 Å². The fourth-order valence-corrected chi connectivity index (χ4v) is 7.83. The van der Waals surface area contributed by atoms with E-state index in [0.717, 1.165) is 104 Å². The molecule has 2 amide bonds. The summed E-state index contributed by atoms with van der Waals surface area (Å²) in [6, 6.07) is 26.3. The predicted octanol–water partition coefficient (Wildman–Crippen LogP) is 9.09. The van der Waals surface area contributed by atoms with E-state index in [-0.39, 0.29) is 36.3 Å². The van der Waals surface area contributed by atoms with E-state index in [1.807, 2.05) is 0 Å². The summed E-state index contributed by atoms with van der Waals surface area (Å²) in [6.45, 7) is 11.2. The third-order valence-corrected chi connectivity index (χ3v) is 10.4. The fourth-order valence-electron chi connectivity index (χ4n) is 7.83. The van der Waals surface area contributed by atoms with Crippen molar-refractivity contribution in [3.8, 4) is 23.0 Å². The summed E-state index contributed by atoms with van der Waals surface area (Å²) in [5, 5.41) is 6.16. The number of nitrogens with one attached hydrogen (secondary N) is 2. The number of hydrogen-bond donors (Lipinski definition) is 2. The van der Waals surface area contributed by atoms with Crippen LogP contribution in [0.15, 0.2) is 78.9 Å². The Bertz CT molecular complexity index is 2020. The molecule has 3 heterocycles. The molecule has 0 saturated heterocycles. The topological polar surface area (TPSA) is 108 Å². The summed E-state index contributed by atoms with van der Waals surface area (Å²) in [5.41, 5.74) is 10.4. The molecule has 1 aromatic heterocycles. The van der Waals surface area contributed by atoms with Crippen molar-refractivity contribution in [2.75, 3.05) is 26.4 Å². The molecule has 9 heteroatoms. The van der Waals surface area contributed by atoms with Crippen molar-refractivity contribution >= 4 is 11.8 Å². The van der Waals surface area contributed by atoms with Gasteiger partial charge < -0.3 is 29.6 Å². The molecule has 8 rings (SSSR count). The molecule has 0 spiro atoms. The minimum atomic E-state index is -0.365. The maximum Gasteiger partial charge on any atom is 0.270 e. The second-order valence-corrected chi connectivity index (χ2v) is 15.2. The number of aromatic nitrogens is 1. The number of hydrogen-bond acceptors (Lipinski definition) is 7. The molecule has 58 heavy (non-hydrogen) atoms. The Morgan fingerprint density at radius 1 is 0.448 bits per heavy atom. The van der Waals surface area contributed by atoms with Gasteiger partial charge in [-0.15, -0.1) is 0 Å². The van der Waals surface area contributed by atoms with Gasteiger partial charge in [0.05, 0.1) is 26.4 Å². The molecule has 0 saturated carbocycles. The number of fused-ring (bicyclic) bond motifs is 4. The van der Waals surface area contributed by atoms with Gasteiger partial charge in [0.2, 0.25) is 0 Å². The summed E-state index contributed by atoms with van der Waals surface area (Å²) >= 11 is 0. The van der Waals surface area contributed by atoms with Gasteiger partial charge in [-0.3, -0.25) is 9.59 Å². The van der Waals surface area contributed by atoms with E-state index in [2.05, 4.69) is 104 Å². The average molecular weight is 782 g/mol. The largest absolute Gasteiger partial charge is 0.493 e. The summed E-state index contributed by atoms with van der Waals surface area (Å²) in [7, 11) is 0. The summed E-state index contributed by atoms with van der Waals surface area (Å²) in [5.74, 6) is 2.68. The Morgan fingerprint density at radius 3 is 1.05 bits per heavy atom. The summed E-state index contributed by atoms with van der Waals surface area (Å²) < 4.78 is 26.8. The Labute approximate surface area is 342 Å². The smallest absolute Gasteiger partial charge is 0.270 e. The van der Waals surface area contributed by atoms with Crippen LogP contribution in [0.4, 0.5) is 0 Å². The highest BCUT2D eigenvalue weighted by Gasteiger charge is 2.24. The van der Waals surface area contributed by atoms with Crippen LogP contribution < -0.4 is 29.6 Å². The van der Waals surface area contributed by atoms with Crippen LogP contribution in [0.25, 0.3) is 0 Å². The molecular weight excluding hydrogens is 727 g/mol. The molecule has 0 unspecified atom stereocenters. The number of benzene rings is 4. The van der Waals surface area contributed by atoms with E-state index in [1.165, 1.54) is 0 Å². The maximum atomic E-state index is 13.6. The third-order valence-electron chi connectivity index (χ3n) is 10.4. The van der Waals surface area contributed by atoms with Crippen LogP contribution in [0.5, 0.6) is 23.0 Å². The van der Waals surface area contributed by atoms with E-state index in [4.69, 9.17) is 18.9 Å². The average Bonchev–Trinajstić information content (AvgIpc) is 3.23. The first kappa shape index (κ1) is 40.4. The van der Waals surface area contributed by atoms with Gasteiger partial charge >= 0.3 is 0 Å². The van der Waals surface area contributed by atoms with E-state index >= 15 is 0 Å². The van der Waals surface area contributed by atoms with Crippen molar-refractivity contribution < 1.29 is 28.5 Å². The van der Waals surface area contributed by atoms with Crippen molar-refractivity contribution in [3.63, 3.8) is 0 Å². The second kappa shape index (κ2) is 19.1. The van der Waals surface area contributed by atoms with Crippen molar-refractivity contribution in [1.29, 1.82) is 0 Å². The first-order valence-electron chi connectivity index (χ1n) is 20.9. The zero-order valence-electron chi connectivity index (χ0n) is 34.3. The Morgan fingerprint density at radius 2 is 0.741 bits per heavy atom. The lowest BCUT2D eigenvalue weighted by atomic mass is 9.89. The van der Waals surface area contributed by atoms with Gasteiger partial charge in [-0.05, 0) is 118 Å². The maximum absolute atomic E-state index is 13.6.